The van der Waals surface area contributed by atoms with E-state index in [0.717, 1.165) is 31.4 Å². The van der Waals surface area contributed by atoms with E-state index < -0.39 is 29.6 Å². The lowest BCUT2D eigenvalue weighted by Gasteiger charge is -2.16. The molecule has 1 N–H and O–H groups in total. The van der Waals surface area contributed by atoms with Crippen LogP contribution in [-0.2, 0) is 17.1 Å². The van der Waals surface area contributed by atoms with Gasteiger partial charge in [-0.05, 0) is 48.9 Å². The van der Waals surface area contributed by atoms with Gasteiger partial charge in [-0.2, -0.15) is 26.3 Å². The van der Waals surface area contributed by atoms with Gasteiger partial charge in [-0.15, -0.1) is 0 Å². The molecular weight excluding hydrogens is 378 g/mol. The molecular formula is C18H18F6O3. The fourth-order valence-corrected chi connectivity index (χ4v) is 1.94. The lowest BCUT2D eigenvalue weighted by atomic mass is 10.1. The van der Waals surface area contributed by atoms with Gasteiger partial charge in [-0.3, -0.25) is 0 Å². The molecule has 9 heteroatoms. The first-order chi connectivity index (χ1) is 12.6. The van der Waals surface area contributed by atoms with Gasteiger partial charge in [0.05, 0.1) is 11.1 Å². The van der Waals surface area contributed by atoms with E-state index in [1.165, 1.54) is 24.3 Å². The molecule has 1 atom stereocenters. The number of alkyl halides is 6. The number of benzene rings is 2. The van der Waals surface area contributed by atoms with Gasteiger partial charge < -0.3 is 14.6 Å². The van der Waals surface area contributed by atoms with Gasteiger partial charge in [-0.1, -0.05) is 12.1 Å². The molecule has 0 fully saturated rings. The van der Waals surface area contributed by atoms with Crippen molar-refractivity contribution in [3.63, 3.8) is 0 Å². The molecule has 2 rings (SSSR count). The molecule has 150 valence electrons. The van der Waals surface area contributed by atoms with Crippen molar-refractivity contribution in [3.05, 3.63) is 65.2 Å². The summed E-state index contributed by atoms with van der Waals surface area (Å²) in [6, 6.07) is 8.52. The number of ether oxygens (including phenoxy) is 1. The molecule has 27 heavy (non-hydrogen) atoms. The Kier molecular flexibility index (Phi) is 9.57. The molecule has 0 aliphatic rings. The van der Waals surface area contributed by atoms with Crippen LogP contribution in [0.25, 0.3) is 0 Å². The Morgan fingerprint density at radius 1 is 0.778 bits per heavy atom. The van der Waals surface area contributed by atoms with Crippen LogP contribution in [0.15, 0.2) is 48.5 Å². The minimum absolute atomic E-state index is 0.199. The molecule has 0 radical (unpaired) electrons. The zero-order valence-electron chi connectivity index (χ0n) is 14.4. The van der Waals surface area contributed by atoms with E-state index in [-0.39, 0.29) is 5.75 Å². The summed E-state index contributed by atoms with van der Waals surface area (Å²) in [5, 5.41) is 7.00. The lowest BCUT2D eigenvalue weighted by Crippen LogP contribution is -2.07. The first-order valence-corrected chi connectivity index (χ1v) is 7.32. The minimum atomic E-state index is -4.43. The van der Waals surface area contributed by atoms with E-state index in [9.17, 15) is 26.3 Å². The molecule has 0 heterocycles. The highest BCUT2D eigenvalue weighted by molar-refractivity contribution is 5.31. The third-order valence-electron chi connectivity index (χ3n) is 3.20. The fraction of sp³-hybridized carbons (Fsp3) is 0.278. The molecule has 0 aliphatic carbocycles. The van der Waals surface area contributed by atoms with Crippen molar-refractivity contribution in [1.82, 2.24) is 0 Å². The molecule has 1 unspecified atom stereocenters. The largest absolute Gasteiger partial charge is 0.486 e. The van der Waals surface area contributed by atoms with Crippen LogP contribution in [0, 0.1) is 0 Å². The summed E-state index contributed by atoms with van der Waals surface area (Å²) in [4.78, 5) is 8.00. The molecule has 2 aromatic carbocycles. The molecule has 0 saturated heterocycles. The summed E-state index contributed by atoms with van der Waals surface area (Å²) in [5.41, 5.74) is -1.09. The van der Waals surface area contributed by atoms with Crippen molar-refractivity contribution in [1.29, 1.82) is 0 Å². The van der Waals surface area contributed by atoms with Crippen molar-refractivity contribution in [3.8, 4) is 5.75 Å². The van der Waals surface area contributed by atoms with Crippen molar-refractivity contribution in [2.45, 2.75) is 25.4 Å². The van der Waals surface area contributed by atoms with E-state index in [4.69, 9.17) is 14.6 Å². The van der Waals surface area contributed by atoms with E-state index in [1.54, 1.807) is 6.92 Å². The van der Waals surface area contributed by atoms with E-state index in [2.05, 4.69) is 0 Å². The van der Waals surface area contributed by atoms with Crippen LogP contribution >= 0.6 is 0 Å². The molecule has 2 aromatic rings. The summed E-state index contributed by atoms with van der Waals surface area (Å²) in [7, 11) is 1.00. The van der Waals surface area contributed by atoms with Crippen LogP contribution in [0.2, 0.25) is 0 Å². The Bertz CT molecular complexity index is 663. The number of hydrogen-bond acceptors (Lipinski definition) is 3. The summed E-state index contributed by atoms with van der Waals surface area (Å²) in [5.74, 6) is 0.199. The zero-order valence-corrected chi connectivity index (χ0v) is 14.4. The summed E-state index contributed by atoms with van der Waals surface area (Å²) >= 11 is 0. The number of halogens is 6. The van der Waals surface area contributed by atoms with Crippen LogP contribution in [0.5, 0.6) is 5.75 Å². The van der Waals surface area contributed by atoms with Crippen LogP contribution in [0.3, 0.4) is 0 Å². The summed E-state index contributed by atoms with van der Waals surface area (Å²) in [6.45, 7) is 3.60. The molecule has 0 spiro atoms. The number of rotatable bonds is 3. The molecule has 0 aromatic heterocycles. The maximum absolute atomic E-state index is 12.5. The van der Waals surface area contributed by atoms with Crippen molar-refractivity contribution in [2.24, 2.45) is 0 Å². The van der Waals surface area contributed by atoms with E-state index >= 15 is 0 Å². The normalized spacial score (nSPS) is 12.0. The number of hydrogen-bond donors (Lipinski definition) is 1. The molecule has 0 amide bonds. The highest BCUT2D eigenvalue weighted by Gasteiger charge is 2.31. The Morgan fingerprint density at radius 2 is 1.11 bits per heavy atom. The first kappa shape index (κ1) is 24.5. The molecule has 3 nitrogen and oxygen atoms in total. The van der Waals surface area contributed by atoms with Gasteiger partial charge in [-0.25, -0.2) is 0 Å². The van der Waals surface area contributed by atoms with Crippen molar-refractivity contribution >= 4 is 6.79 Å². The summed E-state index contributed by atoms with van der Waals surface area (Å²) in [6.07, 6.45) is -9.46. The van der Waals surface area contributed by atoms with E-state index in [1.807, 2.05) is 6.79 Å². The maximum atomic E-state index is 12.5. The predicted molar refractivity (Wildman–Crippen MR) is 87.2 cm³/mol. The van der Waals surface area contributed by atoms with Gasteiger partial charge in [0.25, 0.3) is 0 Å². The topological polar surface area (TPSA) is 46.5 Å². The second-order valence-electron chi connectivity index (χ2n) is 4.90. The third kappa shape index (κ3) is 7.69. The first-order valence-electron chi connectivity index (χ1n) is 7.32. The highest BCUT2D eigenvalue weighted by atomic mass is 19.4. The Labute approximate surface area is 152 Å². The number of aliphatic hydroxyl groups excluding tert-OH is 1. The van der Waals surface area contributed by atoms with Crippen molar-refractivity contribution < 1.29 is 41.0 Å². The number of carbonyl (C=O) groups excluding carboxylic acids is 1. The molecule has 0 aliphatic heterocycles. The van der Waals surface area contributed by atoms with Crippen LogP contribution < -0.4 is 4.74 Å². The Balaban J connectivity index is 0.00000158. The number of carbonyl (C=O) groups is 1. The lowest BCUT2D eigenvalue weighted by molar-refractivity contribution is -0.138. The van der Waals surface area contributed by atoms with Gasteiger partial charge in [0.15, 0.2) is 0 Å². The van der Waals surface area contributed by atoms with E-state index in [0.29, 0.717) is 5.56 Å². The monoisotopic (exact) mass is 396 g/mol. The van der Waals surface area contributed by atoms with Crippen LogP contribution in [-0.4, -0.2) is 19.0 Å². The predicted octanol–water partition coefficient (Wildman–Crippen LogP) is 5.29. The zero-order chi connectivity index (χ0) is 21.3. The molecule has 0 bridgehead atoms. The summed E-state index contributed by atoms with van der Waals surface area (Å²) < 4.78 is 80.2. The maximum Gasteiger partial charge on any atom is 0.416 e. The van der Waals surface area contributed by atoms with Gasteiger partial charge in [0, 0.05) is 7.11 Å². The van der Waals surface area contributed by atoms with Crippen LogP contribution in [0.1, 0.15) is 29.7 Å². The molecule has 0 saturated carbocycles. The van der Waals surface area contributed by atoms with Gasteiger partial charge in [0.1, 0.15) is 18.6 Å². The SMILES string of the molecule is C=O.CC(Oc1ccc(C(F)(F)F)cc1)c1ccc(C(F)(F)F)cc1.CO. The third-order valence-corrected chi connectivity index (χ3v) is 3.20. The van der Waals surface area contributed by atoms with Gasteiger partial charge in [0.2, 0.25) is 0 Å². The van der Waals surface area contributed by atoms with Gasteiger partial charge >= 0.3 is 12.4 Å². The standard InChI is InChI=1S/C16H12F6O.CH4O.CH2O/c1-10(11-2-4-12(5-3-11)15(17,18)19)23-14-8-6-13(7-9-14)16(20,21)22;2*1-2/h2-10H,1H3;2H,1H3;1H2. The average molecular weight is 396 g/mol. The fourth-order valence-electron chi connectivity index (χ4n) is 1.94. The Hall–Kier alpha value is -2.55. The second kappa shape index (κ2) is 10.6. The minimum Gasteiger partial charge on any atom is -0.486 e. The smallest absolute Gasteiger partial charge is 0.416 e. The van der Waals surface area contributed by atoms with Crippen LogP contribution in [0.4, 0.5) is 26.3 Å². The quantitative estimate of drug-likeness (QED) is 0.718. The number of aliphatic hydroxyl groups is 1. The second-order valence-corrected chi connectivity index (χ2v) is 4.90. The highest BCUT2D eigenvalue weighted by Crippen LogP contribution is 2.32. The Morgan fingerprint density at radius 3 is 1.44 bits per heavy atom. The average Bonchev–Trinajstić information content (AvgIpc) is 2.64. The van der Waals surface area contributed by atoms with Crippen molar-refractivity contribution in [2.75, 3.05) is 7.11 Å².